The topological polar surface area (TPSA) is 26.4 Å². The first-order chi connectivity index (χ1) is 14.8. The minimum atomic E-state index is -0.0186. The first-order valence-corrected chi connectivity index (χ1v) is 10.0. The molecule has 0 saturated carbocycles. The Hall–Kier alpha value is -4.11. The zero-order valence-corrected chi connectivity index (χ0v) is 16.2. The molecule has 0 amide bonds. The summed E-state index contributed by atoms with van der Waals surface area (Å²) < 4.78 is 3.95. The van der Waals surface area contributed by atoms with E-state index in [-0.39, 0.29) is 5.56 Å². The Bertz CT molecular complexity index is 1590. The second kappa shape index (κ2) is 6.46. The lowest BCUT2D eigenvalue weighted by molar-refractivity contribution is 1.03. The van der Waals surface area contributed by atoms with Crippen LogP contribution in [0.1, 0.15) is 0 Å². The SMILES string of the molecule is O=c1c2c(-c3ccccc3)c3ccccc3n2c2ccccc2n1-c1ccccc1. The molecule has 0 saturated heterocycles. The van der Waals surface area contributed by atoms with Crippen LogP contribution in [0.4, 0.5) is 0 Å². The largest absolute Gasteiger partial charge is 0.302 e. The van der Waals surface area contributed by atoms with Crippen molar-refractivity contribution in [1.29, 1.82) is 0 Å². The lowest BCUT2D eigenvalue weighted by atomic mass is 10.0. The molecule has 3 heteroatoms. The minimum Gasteiger partial charge on any atom is -0.302 e. The van der Waals surface area contributed by atoms with E-state index < -0.39 is 0 Å². The predicted octanol–water partition coefficient (Wildman–Crippen LogP) is 6.06. The van der Waals surface area contributed by atoms with Gasteiger partial charge in [0.2, 0.25) is 0 Å². The first-order valence-electron chi connectivity index (χ1n) is 10.0. The summed E-state index contributed by atoms with van der Waals surface area (Å²) in [5.41, 5.74) is 6.51. The molecule has 0 radical (unpaired) electrons. The van der Waals surface area contributed by atoms with Crippen LogP contribution in [0.2, 0.25) is 0 Å². The van der Waals surface area contributed by atoms with E-state index in [0.717, 1.165) is 38.8 Å². The fraction of sp³-hybridized carbons (Fsp3) is 0. The molecule has 0 spiro atoms. The lowest BCUT2D eigenvalue weighted by Gasteiger charge is -2.13. The summed E-state index contributed by atoms with van der Waals surface area (Å²) >= 11 is 0. The van der Waals surface area contributed by atoms with Crippen molar-refractivity contribution in [2.75, 3.05) is 0 Å². The first kappa shape index (κ1) is 16.8. The van der Waals surface area contributed by atoms with E-state index in [1.54, 1.807) is 0 Å². The van der Waals surface area contributed by atoms with Crippen molar-refractivity contribution < 1.29 is 0 Å². The van der Waals surface area contributed by atoms with E-state index in [9.17, 15) is 4.79 Å². The standard InChI is InChI=1S/C27H18N2O/c30-27-26-25(19-11-3-1-4-12-19)21-15-7-8-16-22(21)29(26)24-18-10-9-17-23(24)28(27)20-13-5-2-6-14-20/h1-18H. The molecule has 30 heavy (non-hydrogen) atoms. The maximum Gasteiger partial charge on any atom is 0.280 e. The lowest BCUT2D eigenvalue weighted by Crippen LogP contribution is -2.21. The van der Waals surface area contributed by atoms with Crippen molar-refractivity contribution in [1.82, 2.24) is 8.97 Å². The van der Waals surface area contributed by atoms with Crippen molar-refractivity contribution >= 4 is 27.5 Å². The maximum absolute atomic E-state index is 14.0. The molecule has 4 aromatic carbocycles. The summed E-state index contributed by atoms with van der Waals surface area (Å²) in [5.74, 6) is 0. The quantitative estimate of drug-likeness (QED) is 0.355. The fourth-order valence-corrected chi connectivity index (χ4v) is 4.48. The smallest absolute Gasteiger partial charge is 0.280 e. The minimum absolute atomic E-state index is 0.0186. The Balaban J connectivity index is 1.94. The molecule has 0 atom stereocenters. The number of nitrogens with zero attached hydrogens (tertiary/aromatic N) is 2. The van der Waals surface area contributed by atoms with Crippen LogP contribution in [0.25, 0.3) is 44.3 Å². The van der Waals surface area contributed by atoms with Crippen molar-refractivity contribution in [2.24, 2.45) is 0 Å². The van der Waals surface area contributed by atoms with Gasteiger partial charge in [-0.05, 0) is 35.9 Å². The molecule has 0 aliphatic heterocycles. The van der Waals surface area contributed by atoms with Gasteiger partial charge in [0.25, 0.3) is 5.56 Å². The van der Waals surface area contributed by atoms with Crippen molar-refractivity contribution in [3.05, 3.63) is 120 Å². The van der Waals surface area contributed by atoms with E-state index in [1.807, 2.05) is 83.4 Å². The van der Waals surface area contributed by atoms with Crippen molar-refractivity contribution in [3.63, 3.8) is 0 Å². The molecule has 2 aromatic heterocycles. The molecule has 3 nitrogen and oxygen atoms in total. The second-order valence-corrected chi connectivity index (χ2v) is 7.41. The molecule has 0 unspecified atom stereocenters. The van der Waals surface area contributed by atoms with Gasteiger partial charge in [-0.25, -0.2) is 0 Å². The maximum atomic E-state index is 14.0. The van der Waals surface area contributed by atoms with E-state index >= 15 is 0 Å². The highest BCUT2D eigenvalue weighted by Gasteiger charge is 2.21. The molecular formula is C27H18N2O. The monoisotopic (exact) mass is 386 g/mol. The molecule has 0 fully saturated rings. The summed E-state index contributed by atoms with van der Waals surface area (Å²) in [5, 5.41) is 1.08. The number of rotatable bonds is 2. The third-order valence-electron chi connectivity index (χ3n) is 5.72. The third-order valence-corrected chi connectivity index (χ3v) is 5.72. The number of benzene rings is 4. The summed E-state index contributed by atoms with van der Waals surface area (Å²) in [6.07, 6.45) is 0. The highest BCUT2D eigenvalue weighted by Crippen LogP contribution is 2.36. The van der Waals surface area contributed by atoms with Crippen LogP contribution in [0.5, 0.6) is 0 Å². The highest BCUT2D eigenvalue weighted by molar-refractivity contribution is 6.08. The van der Waals surface area contributed by atoms with Gasteiger partial charge in [-0.15, -0.1) is 0 Å². The predicted molar refractivity (Wildman–Crippen MR) is 123 cm³/mol. The Labute approximate surface area is 173 Å². The fourth-order valence-electron chi connectivity index (χ4n) is 4.48. The summed E-state index contributed by atoms with van der Waals surface area (Å²) in [7, 11) is 0. The zero-order valence-electron chi connectivity index (χ0n) is 16.2. The Morgan fingerprint density at radius 3 is 1.83 bits per heavy atom. The van der Waals surface area contributed by atoms with Gasteiger partial charge in [-0.2, -0.15) is 0 Å². The number of aromatic nitrogens is 2. The molecule has 142 valence electrons. The number of hydrogen-bond acceptors (Lipinski definition) is 1. The van der Waals surface area contributed by atoms with Crippen LogP contribution in [0.3, 0.4) is 0 Å². The van der Waals surface area contributed by atoms with Crippen LogP contribution in [-0.4, -0.2) is 8.97 Å². The van der Waals surface area contributed by atoms with Gasteiger partial charge in [0.05, 0.1) is 16.6 Å². The molecule has 0 aliphatic carbocycles. The van der Waals surface area contributed by atoms with E-state index in [0.29, 0.717) is 5.52 Å². The molecule has 0 bridgehead atoms. The third kappa shape index (κ3) is 2.29. The average Bonchev–Trinajstić information content (AvgIpc) is 3.16. The normalized spacial score (nSPS) is 11.5. The van der Waals surface area contributed by atoms with Crippen molar-refractivity contribution in [3.8, 4) is 16.8 Å². The number of hydrogen-bond donors (Lipinski definition) is 0. The zero-order chi connectivity index (χ0) is 20.1. The van der Waals surface area contributed by atoms with Crippen LogP contribution in [0.15, 0.2) is 114 Å². The second-order valence-electron chi connectivity index (χ2n) is 7.41. The van der Waals surface area contributed by atoms with Crippen LogP contribution < -0.4 is 5.56 Å². The van der Waals surface area contributed by atoms with Gasteiger partial charge >= 0.3 is 0 Å². The molecule has 6 aromatic rings. The summed E-state index contributed by atoms with van der Waals surface area (Å²) in [4.78, 5) is 14.0. The van der Waals surface area contributed by atoms with Crippen LogP contribution in [-0.2, 0) is 0 Å². The van der Waals surface area contributed by atoms with Crippen LogP contribution >= 0.6 is 0 Å². The van der Waals surface area contributed by atoms with E-state index in [2.05, 4.69) is 34.7 Å². The molecule has 6 rings (SSSR count). The van der Waals surface area contributed by atoms with Gasteiger partial charge in [-0.3, -0.25) is 9.36 Å². The van der Waals surface area contributed by atoms with Gasteiger partial charge in [0.1, 0.15) is 5.52 Å². The van der Waals surface area contributed by atoms with Gasteiger partial charge in [-0.1, -0.05) is 78.9 Å². The van der Waals surface area contributed by atoms with Gasteiger partial charge in [0, 0.05) is 16.6 Å². The Morgan fingerprint density at radius 2 is 1.10 bits per heavy atom. The Morgan fingerprint density at radius 1 is 0.533 bits per heavy atom. The number of para-hydroxylation sites is 4. The molecule has 2 heterocycles. The van der Waals surface area contributed by atoms with Crippen molar-refractivity contribution in [2.45, 2.75) is 0 Å². The highest BCUT2D eigenvalue weighted by atomic mass is 16.1. The van der Waals surface area contributed by atoms with Crippen LogP contribution in [0, 0.1) is 0 Å². The van der Waals surface area contributed by atoms with E-state index in [4.69, 9.17) is 0 Å². The van der Waals surface area contributed by atoms with Gasteiger partial charge in [0.15, 0.2) is 0 Å². The number of fused-ring (bicyclic) bond motifs is 5. The van der Waals surface area contributed by atoms with Gasteiger partial charge < -0.3 is 4.40 Å². The molecule has 0 N–H and O–H groups in total. The summed E-state index contributed by atoms with van der Waals surface area (Å²) in [6, 6.07) is 36.4. The molecular weight excluding hydrogens is 368 g/mol. The average molecular weight is 386 g/mol. The molecule has 0 aliphatic rings. The Kier molecular flexibility index (Phi) is 3.62. The summed E-state index contributed by atoms with van der Waals surface area (Å²) in [6.45, 7) is 0. The van der Waals surface area contributed by atoms with E-state index in [1.165, 1.54) is 0 Å².